The minimum Gasteiger partial charge on any atom is -0.325 e. The van der Waals surface area contributed by atoms with Crippen LogP contribution in [0.2, 0.25) is 0 Å². The van der Waals surface area contributed by atoms with Crippen molar-refractivity contribution >= 4 is 11.8 Å². The van der Waals surface area contributed by atoms with Crippen LogP contribution < -0.4 is 5.73 Å². The summed E-state index contributed by atoms with van der Waals surface area (Å²) >= 11 is 1.96. The van der Waals surface area contributed by atoms with Crippen molar-refractivity contribution in [2.45, 2.75) is 56.2 Å². The predicted molar refractivity (Wildman–Crippen MR) is 67.2 cm³/mol. The molecule has 1 aromatic rings. The van der Waals surface area contributed by atoms with Crippen molar-refractivity contribution < 1.29 is 0 Å². The maximum atomic E-state index is 5.90. The molecule has 0 aromatic carbocycles. The Balaban J connectivity index is 1.93. The fraction of sp³-hybridized carbons (Fsp3) is 0.750. The first-order valence-corrected chi connectivity index (χ1v) is 7.42. The molecule has 3 rings (SSSR count). The van der Waals surface area contributed by atoms with Gasteiger partial charge in [0, 0.05) is 23.6 Å². The van der Waals surface area contributed by atoms with Crippen LogP contribution in [0.5, 0.6) is 0 Å². The van der Waals surface area contributed by atoms with E-state index in [9.17, 15) is 0 Å². The highest BCUT2D eigenvalue weighted by Gasteiger charge is 2.26. The molecule has 0 bridgehead atoms. The van der Waals surface area contributed by atoms with Crippen molar-refractivity contribution in [2.24, 2.45) is 5.73 Å². The van der Waals surface area contributed by atoms with Gasteiger partial charge in [-0.3, -0.25) is 4.68 Å². The minimum absolute atomic E-state index is 0.628. The lowest BCUT2D eigenvalue weighted by Crippen LogP contribution is -2.19. The third-order valence-corrected chi connectivity index (χ3v) is 4.77. The van der Waals surface area contributed by atoms with Crippen molar-refractivity contribution in [3.8, 4) is 0 Å². The third-order valence-electron chi connectivity index (χ3n) is 3.80. The first kappa shape index (κ1) is 10.7. The summed E-state index contributed by atoms with van der Waals surface area (Å²) in [6, 6.07) is 0.628. The van der Waals surface area contributed by atoms with Crippen LogP contribution in [0.25, 0.3) is 0 Å². The third kappa shape index (κ3) is 1.68. The molecule has 0 saturated heterocycles. The lowest BCUT2D eigenvalue weighted by atomic mass is 9.95. The molecule has 2 aliphatic rings. The zero-order valence-electron chi connectivity index (χ0n) is 9.61. The van der Waals surface area contributed by atoms with E-state index in [1.807, 2.05) is 11.8 Å². The Morgan fingerprint density at radius 2 is 2.06 bits per heavy atom. The Morgan fingerprint density at radius 1 is 1.25 bits per heavy atom. The predicted octanol–water partition coefficient (Wildman–Crippen LogP) is 2.59. The molecule has 2 heterocycles. The summed E-state index contributed by atoms with van der Waals surface area (Å²) in [5, 5.41) is 4.80. The Kier molecular flexibility index (Phi) is 2.94. The second kappa shape index (κ2) is 4.41. The Morgan fingerprint density at radius 3 is 2.81 bits per heavy atom. The largest absolute Gasteiger partial charge is 0.325 e. The average Bonchev–Trinajstić information content (AvgIpc) is 2.89. The Labute approximate surface area is 101 Å². The first-order chi connectivity index (χ1) is 7.90. The summed E-state index contributed by atoms with van der Waals surface area (Å²) in [4.78, 5) is 0. The number of rotatable bonds is 2. The van der Waals surface area contributed by atoms with E-state index in [0.29, 0.717) is 12.6 Å². The minimum atomic E-state index is 0.628. The zero-order chi connectivity index (χ0) is 11.0. The molecular weight excluding hydrogens is 218 g/mol. The number of hydrogen-bond acceptors (Lipinski definition) is 3. The summed E-state index contributed by atoms with van der Waals surface area (Å²) in [5.41, 5.74) is 9.96. The molecule has 2 N–H and O–H groups in total. The van der Waals surface area contributed by atoms with Crippen LogP contribution in [-0.2, 0) is 18.1 Å². The van der Waals surface area contributed by atoms with Gasteiger partial charge in [0.05, 0.1) is 17.4 Å². The van der Waals surface area contributed by atoms with Crippen molar-refractivity contribution in [3.05, 3.63) is 17.0 Å². The Bertz CT molecular complexity index is 380. The zero-order valence-corrected chi connectivity index (χ0v) is 10.4. The lowest BCUT2D eigenvalue weighted by Gasteiger charge is -2.24. The molecule has 1 saturated carbocycles. The molecule has 0 spiro atoms. The molecule has 0 atom stereocenters. The molecule has 1 aromatic heterocycles. The smallest absolute Gasteiger partial charge is 0.0767 e. The normalized spacial score (nSPS) is 21.3. The van der Waals surface area contributed by atoms with E-state index in [-0.39, 0.29) is 0 Å². The highest BCUT2D eigenvalue weighted by Crippen LogP contribution is 2.36. The number of hydrogen-bond donors (Lipinski definition) is 1. The quantitative estimate of drug-likeness (QED) is 0.860. The van der Waals surface area contributed by atoms with Crippen molar-refractivity contribution in [2.75, 3.05) is 0 Å². The molecule has 1 fully saturated rings. The van der Waals surface area contributed by atoms with Gasteiger partial charge in [-0.1, -0.05) is 19.3 Å². The lowest BCUT2D eigenvalue weighted by molar-refractivity contribution is 0.321. The summed E-state index contributed by atoms with van der Waals surface area (Å²) in [6.07, 6.45) is 6.69. The number of nitrogens with two attached hydrogens (primary N) is 1. The molecular formula is C12H19N3S. The summed E-state index contributed by atoms with van der Waals surface area (Å²) in [6.45, 7) is 0.652. The number of nitrogens with zero attached hydrogens (tertiary/aromatic N) is 2. The molecule has 1 aliphatic heterocycles. The van der Waals surface area contributed by atoms with Gasteiger partial charge in [-0.2, -0.15) is 16.9 Å². The van der Waals surface area contributed by atoms with E-state index in [1.54, 1.807) is 0 Å². The molecule has 1 aliphatic carbocycles. The summed E-state index contributed by atoms with van der Waals surface area (Å²) in [7, 11) is 0. The first-order valence-electron chi connectivity index (χ1n) is 6.27. The van der Waals surface area contributed by atoms with Gasteiger partial charge >= 0.3 is 0 Å². The second-order valence-corrected chi connectivity index (χ2v) is 5.79. The number of aromatic nitrogens is 2. The monoisotopic (exact) mass is 237 g/mol. The van der Waals surface area contributed by atoms with Crippen LogP contribution >= 0.6 is 11.8 Å². The van der Waals surface area contributed by atoms with Gasteiger partial charge < -0.3 is 5.73 Å². The van der Waals surface area contributed by atoms with E-state index in [1.165, 1.54) is 49.1 Å². The van der Waals surface area contributed by atoms with Gasteiger partial charge in [0.2, 0.25) is 0 Å². The highest BCUT2D eigenvalue weighted by molar-refractivity contribution is 7.98. The molecule has 0 amide bonds. The van der Waals surface area contributed by atoms with Crippen molar-refractivity contribution in [3.63, 3.8) is 0 Å². The van der Waals surface area contributed by atoms with E-state index < -0.39 is 0 Å². The fourth-order valence-corrected chi connectivity index (χ4v) is 4.00. The van der Waals surface area contributed by atoms with Gasteiger partial charge in [-0.15, -0.1) is 0 Å². The highest BCUT2D eigenvalue weighted by atomic mass is 32.2. The fourth-order valence-electron chi connectivity index (χ4n) is 2.93. The molecule has 0 unspecified atom stereocenters. The summed E-state index contributed by atoms with van der Waals surface area (Å²) in [5.74, 6) is 2.20. The topological polar surface area (TPSA) is 43.8 Å². The molecule has 88 valence electrons. The standard InChI is InChI=1S/C12H19N3S/c13-6-12-10-7-16-8-11(10)14-15(12)9-4-2-1-3-5-9/h9H,1-8,13H2. The van der Waals surface area contributed by atoms with Gasteiger partial charge in [0.1, 0.15) is 0 Å². The molecule has 0 radical (unpaired) electrons. The van der Waals surface area contributed by atoms with Crippen LogP contribution in [0, 0.1) is 0 Å². The average molecular weight is 237 g/mol. The van der Waals surface area contributed by atoms with Gasteiger partial charge in [-0.05, 0) is 12.8 Å². The van der Waals surface area contributed by atoms with Crippen LogP contribution in [-0.4, -0.2) is 9.78 Å². The molecule has 4 heteroatoms. The van der Waals surface area contributed by atoms with Crippen molar-refractivity contribution in [1.29, 1.82) is 0 Å². The van der Waals surface area contributed by atoms with Crippen LogP contribution in [0.3, 0.4) is 0 Å². The van der Waals surface area contributed by atoms with E-state index >= 15 is 0 Å². The molecule has 3 nitrogen and oxygen atoms in total. The summed E-state index contributed by atoms with van der Waals surface area (Å²) < 4.78 is 2.27. The Hall–Kier alpha value is -0.480. The van der Waals surface area contributed by atoms with E-state index in [2.05, 4.69) is 4.68 Å². The second-order valence-electron chi connectivity index (χ2n) is 4.81. The van der Waals surface area contributed by atoms with E-state index in [0.717, 1.165) is 11.5 Å². The van der Waals surface area contributed by atoms with Crippen LogP contribution in [0.1, 0.15) is 55.1 Å². The van der Waals surface area contributed by atoms with E-state index in [4.69, 9.17) is 10.8 Å². The van der Waals surface area contributed by atoms with Gasteiger partial charge in [-0.25, -0.2) is 0 Å². The maximum Gasteiger partial charge on any atom is 0.0767 e. The SMILES string of the molecule is NCc1c2c(nn1C1CCCCC1)CSC2. The van der Waals surface area contributed by atoms with Gasteiger partial charge in [0.15, 0.2) is 0 Å². The number of fused-ring (bicyclic) bond motifs is 1. The number of thioether (sulfide) groups is 1. The van der Waals surface area contributed by atoms with Gasteiger partial charge in [0.25, 0.3) is 0 Å². The van der Waals surface area contributed by atoms with Crippen LogP contribution in [0.4, 0.5) is 0 Å². The maximum absolute atomic E-state index is 5.90. The molecule has 16 heavy (non-hydrogen) atoms. The van der Waals surface area contributed by atoms with Crippen LogP contribution in [0.15, 0.2) is 0 Å². The van der Waals surface area contributed by atoms with Crippen molar-refractivity contribution in [1.82, 2.24) is 9.78 Å².